The van der Waals surface area contributed by atoms with E-state index in [2.05, 4.69) is 14.7 Å². The lowest BCUT2D eigenvalue weighted by molar-refractivity contribution is -0.274. The van der Waals surface area contributed by atoms with Crippen LogP contribution in [-0.4, -0.2) is 16.3 Å². The van der Waals surface area contributed by atoms with E-state index in [1.54, 1.807) is 24.3 Å². The molecule has 0 aliphatic carbocycles. The summed E-state index contributed by atoms with van der Waals surface area (Å²) in [5, 5.41) is 0. The number of ether oxygens (including phenoxy) is 1. The first-order chi connectivity index (χ1) is 9.92. The first kappa shape index (κ1) is 13.4. The molecule has 0 unspecified atom stereocenters. The molecule has 0 saturated carbocycles. The molecule has 0 radical (unpaired) electrons. The number of nitrogens with one attached hydrogen (secondary N) is 1. The van der Waals surface area contributed by atoms with Crippen molar-refractivity contribution in [3.8, 4) is 17.1 Å². The van der Waals surface area contributed by atoms with Gasteiger partial charge in [0.05, 0.1) is 16.6 Å². The molecular formula is C14H8F4N2O. The smallest absolute Gasteiger partial charge is 0.405 e. The van der Waals surface area contributed by atoms with E-state index in [0.29, 0.717) is 17.1 Å². The molecule has 0 spiro atoms. The number of aromatic amines is 1. The van der Waals surface area contributed by atoms with Crippen LogP contribution in [-0.2, 0) is 0 Å². The summed E-state index contributed by atoms with van der Waals surface area (Å²) in [6.07, 6.45) is -4.91. The normalized spacial score (nSPS) is 11.8. The highest BCUT2D eigenvalue weighted by atomic mass is 19.4. The maximum Gasteiger partial charge on any atom is 0.573 e. The number of alkyl halides is 3. The minimum atomic E-state index is -4.91. The topological polar surface area (TPSA) is 37.9 Å². The summed E-state index contributed by atoms with van der Waals surface area (Å²) < 4.78 is 54.2. The van der Waals surface area contributed by atoms with Crippen molar-refractivity contribution < 1.29 is 22.3 Å². The molecule has 0 amide bonds. The number of hydrogen-bond donors (Lipinski definition) is 1. The van der Waals surface area contributed by atoms with Crippen LogP contribution < -0.4 is 4.74 Å². The van der Waals surface area contributed by atoms with Gasteiger partial charge in [0.2, 0.25) is 0 Å². The number of aromatic nitrogens is 2. The van der Waals surface area contributed by atoms with E-state index in [4.69, 9.17) is 0 Å². The zero-order valence-electron chi connectivity index (χ0n) is 10.4. The highest BCUT2D eigenvalue weighted by molar-refractivity contribution is 5.80. The van der Waals surface area contributed by atoms with E-state index in [9.17, 15) is 17.6 Å². The fourth-order valence-electron chi connectivity index (χ4n) is 1.98. The van der Waals surface area contributed by atoms with Crippen molar-refractivity contribution in [3.63, 3.8) is 0 Å². The van der Waals surface area contributed by atoms with Gasteiger partial charge in [-0.25, -0.2) is 9.37 Å². The van der Waals surface area contributed by atoms with Crippen LogP contribution in [0, 0.1) is 5.82 Å². The van der Waals surface area contributed by atoms with Crippen LogP contribution in [0.5, 0.6) is 5.75 Å². The minimum absolute atomic E-state index is 0.0323. The maximum absolute atomic E-state index is 13.2. The number of H-pyrrole nitrogens is 1. The van der Waals surface area contributed by atoms with Crippen molar-refractivity contribution >= 4 is 11.0 Å². The van der Waals surface area contributed by atoms with Crippen LogP contribution >= 0.6 is 0 Å². The minimum Gasteiger partial charge on any atom is -0.405 e. The number of rotatable bonds is 2. The summed E-state index contributed by atoms with van der Waals surface area (Å²) in [5.41, 5.74) is 1.29. The first-order valence-corrected chi connectivity index (χ1v) is 5.93. The SMILES string of the molecule is Fc1ccc(-c2nc3ccccc3[nH]2)c(OC(F)(F)F)c1. The third-order valence-corrected chi connectivity index (χ3v) is 2.81. The van der Waals surface area contributed by atoms with Gasteiger partial charge in [0.25, 0.3) is 0 Å². The van der Waals surface area contributed by atoms with Crippen molar-refractivity contribution in [1.29, 1.82) is 0 Å². The molecule has 21 heavy (non-hydrogen) atoms. The fourth-order valence-corrected chi connectivity index (χ4v) is 1.98. The quantitative estimate of drug-likeness (QED) is 0.717. The molecule has 3 rings (SSSR count). The van der Waals surface area contributed by atoms with E-state index in [1.807, 2.05) is 0 Å². The van der Waals surface area contributed by atoms with Crippen LogP contribution in [0.4, 0.5) is 17.6 Å². The van der Waals surface area contributed by atoms with Gasteiger partial charge in [0, 0.05) is 6.07 Å². The molecule has 108 valence electrons. The van der Waals surface area contributed by atoms with Gasteiger partial charge in [0.15, 0.2) is 0 Å². The molecule has 1 heterocycles. The van der Waals surface area contributed by atoms with E-state index >= 15 is 0 Å². The van der Waals surface area contributed by atoms with Gasteiger partial charge in [-0.15, -0.1) is 13.2 Å². The average molecular weight is 296 g/mol. The molecule has 1 aromatic heterocycles. The van der Waals surface area contributed by atoms with E-state index < -0.39 is 17.9 Å². The Bertz CT molecular complexity index is 762. The van der Waals surface area contributed by atoms with Crippen molar-refractivity contribution in [3.05, 3.63) is 48.3 Å². The van der Waals surface area contributed by atoms with E-state index in [0.717, 1.165) is 6.07 Å². The van der Waals surface area contributed by atoms with Gasteiger partial charge in [0.1, 0.15) is 17.4 Å². The number of imidazole rings is 1. The second-order valence-electron chi connectivity index (χ2n) is 4.29. The van der Waals surface area contributed by atoms with Gasteiger partial charge < -0.3 is 9.72 Å². The fraction of sp³-hybridized carbons (Fsp3) is 0.0714. The highest BCUT2D eigenvalue weighted by Gasteiger charge is 2.32. The number of halogens is 4. The lowest BCUT2D eigenvalue weighted by atomic mass is 10.2. The van der Waals surface area contributed by atoms with E-state index in [1.165, 1.54) is 6.07 Å². The number of fused-ring (bicyclic) bond motifs is 1. The van der Waals surface area contributed by atoms with Crippen LogP contribution in [0.2, 0.25) is 0 Å². The molecule has 3 nitrogen and oxygen atoms in total. The molecule has 0 bridgehead atoms. The van der Waals surface area contributed by atoms with Gasteiger partial charge in [-0.2, -0.15) is 0 Å². The predicted octanol–water partition coefficient (Wildman–Crippen LogP) is 4.27. The monoisotopic (exact) mass is 296 g/mol. The number of hydrogen-bond acceptors (Lipinski definition) is 2. The molecule has 0 atom stereocenters. The van der Waals surface area contributed by atoms with Crippen molar-refractivity contribution in [2.24, 2.45) is 0 Å². The van der Waals surface area contributed by atoms with Gasteiger partial charge in [-0.05, 0) is 24.3 Å². The Morgan fingerprint density at radius 2 is 1.81 bits per heavy atom. The highest BCUT2D eigenvalue weighted by Crippen LogP contribution is 2.33. The standard InChI is InChI=1S/C14H8F4N2O/c15-8-5-6-9(12(7-8)21-14(16,17)18)13-19-10-3-1-2-4-11(10)20-13/h1-7H,(H,19,20). The molecule has 0 saturated heterocycles. The Hall–Kier alpha value is -2.57. The molecule has 1 N–H and O–H groups in total. The van der Waals surface area contributed by atoms with Gasteiger partial charge >= 0.3 is 6.36 Å². The summed E-state index contributed by atoms with van der Waals surface area (Å²) in [6.45, 7) is 0. The molecule has 3 aromatic rings. The predicted molar refractivity (Wildman–Crippen MR) is 68.2 cm³/mol. The second-order valence-corrected chi connectivity index (χ2v) is 4.29. The van der Waals surface area contributed by atoms with Crippen molar-refractivity contribution in [2.45, 2.75) is 6.36 Å². The Balaban J connectivity index is 2.12. The van der Waals surface area contributed by atoms with Crippen LogP contribution in [0.1, 0.15) is 0 Å². The zero-order valence-corrected chi connectivity index (χ0v) is 10.4. The molecule has 0 fully saturated rings. The molecule has 0 aliphatic heterocycles. The van der Waals surface area contributed by atoms with Crippen LogP contribution in [0.25, 0.3) is 22.4 Å². The number of para-hydroxylation sites is 2. The Morgan fingerprint density at radius 1 is 1.05 bits per heavy atom. The molecule has 2 aromatic carbocycles. The van der Waals surface area contributed by atoms with Gasteiger partial charge in [-0.1, -0.05) is 12.1 Å². The lowest BCUT2D eigenvalue weighted by Gasteiger charge is -2.12. The van der Waals surface area contributed by atoms with Crippen LogP contribution in [0.15, 0.2) is 42.5 Å². The zero-order chi connectivity index (χ0) is 15.0. The third-order valence-electron chi connectivity index (χ3n) is 2.81. The van der Waals surface area contributed by atoms with Crippen molar-refractivity contribution in [1.82, 2.24) is 9.97 Å². The van der Waals surface area contributed by atoms with E-state index in [-0.39, 0.29) is 11.4 Å². The Labute approximate surface area is 116 Å². The van der Waals surface area contributed by atoms with Crippen LogP contribution in [0.3, 0.4) is 0 Å². The summed E-state index contributed by atoms with van der Waals surface area (Å²) >= 11 is 0. The number of benzene rings is 2. The summed E-state index contributed by atoms with van der Waals surface area (Å²) in [7, 11) is 0. The summed E-state index contributed by atoms with van der Waals surface area (Å²) in [6, 6.07) is 9.88. The summed E-state index contributed by atoms with van der Waals surface area (Å²) in [4.78, 5) is 7.05. The molecule has 7 heteroatoms. The van der Waals surface area contributed by atoms with Crippen molar-refractivity contribution in [2.75, 3.05) is 0 Å². The lowest BCUT2D eigenvalue weighted by Crippen LogP contribution is -2.17. The molecule has 0 aliphatic rings. The Kier molecular flexibility index (Phi) is 3.04. The largest absolute Gasteiger partial charge is 0.573 e. The first-order valence-electron chi connectivity index (χ1n) is 5.93. The Morgan fingerprint density at radius 3 is 2.52 bits per heavy atom. The van der Waals surface area contributed by atoms with Gasteiger partial charge in [-0.3, -0.25) is 0 Å². The maximum atomic E-state index is 13.2. The number of nitrogens with zero attached hydrogens (tertiary/aromatic N) is 1. The second kappa shape index (κ2) is 4.76. The summed E-state index contributed by atoms with van der Waals surface area (Å²) in [5.74, 6) is -1.29. The third kappa shape index (κ3) is 2.81. The molecular weight excluding hydrogens is 288 g/mol. The average Bonchev–Trinajstić information content (AvgIpc) is 2.80.